The first-order valence-corrected chi connectivity index (χ1v) is 7.24. The van der Waals surface area contributed by atoms with Gasteiger partial charge in [0.25, 0.3) is 0 Å². The van der Waals surface area contributed by atoms with E-state index in [9.17, 15) is 4.21 Å². The van der Waals surface area contributed by atoms with Crippen LogP contribution in [0.25, 0.3) is 0 Å². The van der Waals surface area contributed by atoms with Crippen LogP contribution in [-0.2, 0) is 17.3 Å². The molecule has 0 radical (unpaired) electrons. The summed E-state index contributed by atoms with van der Waals surface area (Å²) in [4.78, 5) is 6.06. The second-order valence-electron chi connectivity index (χ2n) is 3.30. The van der Waals surface area contributed by atoms with Gasteiger partial charge in [0.2, 0.25) is 0 Å². The second-order valence-corrected chi connectivity index (χ2v) is 5.65. The Morgan fingerprint density at radius 2 is 2.12 bits per heavy atom. The van der Waals surface area contributed by atoms with Gasteiger partial charge in [0.05, 0.1) is 12.1 Å². The fraction of sp³-hybridized carbons (Fsp3) is 0.182. The molecule has 1 atom stereocenters. The minimum atomic E-state index is -0.906. The van der Waals surface area contributed by atoms with Gasteiger partial charge in [-0.25, -0.2) is 0 Å². The first-order chi connectivity index (χ1) is 7.75. The quantitative estimate of drug-likeness (QED) is 0.909. The van der Waals surface area contributed by atoms with Gasteiger partial charge < -0.3 is 5.32 Å². The van der Waals surface area contributed by atoms with Crippen molar-refractivity contribution in [1.82, 2.24) is 4.98 Å². The molecular formula is C11H12N2OS2. The highest BCUT2D eigenvalue weighted by Gasteiger charge is 1.98. The van der Waals surface area contributed by atoms with Crippen LogP contribution in [0.3, 0.4) is 0 Å². The Kier molecular flexibility index (Phi) is 3.69. The number of anilines is 1. The molecule has 1 aromatic carbocycles. The Labute approximate surface area is 101 Å². The number of hydrogen-bond donors (Lipinski definition) is 1. The Balaban J connectivity index is 1.98. The maximum Gasteiger partial charge on any atom is 0.0794 e. The van der Waals surface area contributed by atoms with Crippen LogP contribution in [0.15, 0.2) is 40.9 Å². The van der Waals surface area contributed by atoms with E-state index in [1.54, 1.807) is 17.6 Å². The van der Waals surface area contributed by atoms with Crippen molar-refractivity contribution >= 4 is 27.8 Å². The lowest BCUT2D eigenvalue weighted by Crippen LogP contribution is -1.97. The normalized spacial score (nSPS) is 12.3. The summed E-state index contributed by atoms with van der Waals surface area (Å²) in [5, 5.41) is 3.28. The van der Waals surface area contributed by atoms with Crippen molar-refractivity contribution in [2.24, 2.45) is 0 Å². The Bertz CT molecular complexity index is 465. The van der Waals surface area contributed by atoms with Crippen molar-refractivity contribution in [3.8, 4) is 0 Å². The maximum absolute atomic E-state index is 11.2. The highest BCUT2D eigenvalue weighted by molar-refractivity contribution is 7.84. The van der Waals surface area contributed by atoms with Crippen molar-refractivity contribution in [2.45, 2.75) is 11.4 Å². The molecule has 0 spiro atoms. The zero-order valence-electron chi connectivity index (χ0n) is 8.84. The molecule has 1 N–H and O–H groups in total. The second kappa shape index (κ2) is 5.23. The summed E-state index contributed by atoms with van der Waals surface area (Å²) < 4.78 is 11.2. The summed E-state index contributed by atoms with van der Waals surface area (Å²) >= 11 is 1.63. The lowest BCUT2D eigenvalue weighted by molar-refractivity contribution is 0.687. The van der Waals surface area contributed by atoms with Crippen molar-refractivity contribution < 1.29 is 4.21 Å². The molecule has 0 aliphatic rings. The first-order valence-electron chi connectivity index (χ1n) is 4.80. The summed E-state index contributed by atoms with van der Waals surface area (Å²) in [6, 6.07) is 7.64. The van der Waals surface area contributed by atoms with E-state index in [1.807, 2.05) is 36.0 Å². The molecule has 0 saturated heterocycles. The molecule has 0 bridgehead atoms. The van der Waals surface area contributed by atoms with Crippen LogP contribution < -0.4 is 5.32 Å². The molecule has 0 aliphatic carbocycles. The Morgan fingerprint density at radius 3 is 2.69 bits per heavy atom. The number of hydrogen-bond acceptors (Lipinski definition) is 4. The molecule has 2 rings (SSSR count). The molecule has 5 heteroatoms. The predicted molar refractivity (Wildman–Crippen MR) is 68.2 cm³/mol. The van der Waals surface area contributed by atoms with Crippen LogP contribution >= 0.6 is 11.3 Å². The van der Waals surface area contributed by atoms with Gasteiger partial charge in [-0.05, 0) is 24.3 Å². The lowest BCUT2D eigenvalue weighted by atomic mass is 10.3. The summed E-state index contributed by atoms with van der Waals surface area (Å²) in [6.45, 7) is 0.777. The number of benzene rings is 1. The van der Waals surface area contributed by atoms with Gasteiger partial charge in [-0.15, -0.1) is 11.3 Å². The number of rotatable bonds is 4. The molecule has 84 valence electrons. The summed E-state index contributed by atoms with van der Waals surface area (Å²) in [7, 11) is -0.906. The Hall–Kier alpha value is -1.20. The molecule has 0 fully saturated rings. The topological polar surface area (TPSA) is 42.0 Å². The highest BCUT2D eigenvalue weighted by Crippen LogP contribution is 2.14. The molecule has 1 heterocycles. The zero-order chi connectivity index (χ0) is 11.4. The van der Waals surface area contributed by atoms with Crippen molar-refractivity contribution in [1.29, 1.82) is 0 Å². The summed E-state index contributed by atoms with van der Waals surface area (Å²) in [6.07, 6.45) is 3.53. The van der Waals surface area contributed by atoms with Gasteiger partial charge >= 0.3 is 0 Å². The largest absolute Gasteiger partial charge is 0.380 e. The Morgan fingerprint density at radius 1 is 1.38 bits per heavy atom. The van der Waals surface area contributed by atoms with E-state index in [0.29, 0.717) is 0 Å². The van der Waals surface area contributed by atoms with E-state index < -0.39 is 10.8 Å². The molecule has 3 nitrogen and oxygen atoms in total. The summed E-state index contributed by atoms with van der Waals surface area (Å²) in [5.74, 6) is 0. The van der Waals surface area contributed by atoms with E-state index in [1.165, 1.54) is 4.88 Å². The molecule has 0 aliphatic heterocycles. The monoisotopic (exact) mass is 252 g/mol. The van der Waals surface area contributed by atoms with Crippen LogP contribution in [0.5, 0.6) is 0 Å². The fourth-order valence-corrected chi connectivity index (χ4v) is 2.34. The predicted octanol–water partition coefficient (Wildman–Crippen LogP) is 2.49. The third-order valence-electron chi connectivity index (χ3n) is 2.14. The molecule has 0 saturated carbocycles. The van der Waals surface area contributed by atoms with Crippen molar-refractivity contribution in [2.75, 3.05) is 11.6 Å². The number of thiazole rings is 1. The van der Waals surface area contributed by atoms with Crippen LogP contribution in [0, 0.1) is 0 Å². The van der Waals surface area contributed by atoms with Gasteiger partial charge in [-0.1, -0.05) is 0 Å². The molecule has 1 aromatic heterocycles. The van der Waals surface area contributed by atoms with E-state index in [-0.39, 0.29) is 0 Å². The van der Waals surface area contributed by atoms with Crippen molar-refractivity contribution in [3.63, 3.8) is 0 Å². The van der Waals surface area contributed by atoms with E-state index in [4.69, 9.17) is 0 Å². The van der Waals surface area contributed by atoms with Gasteiger partial charge in [0.15, 0.2) is 0 Å². The minimum Gasteiger partial charge on any atom is -0.380 e. The van der Waals surface area contributed by atoms with Crippen LogP contribution in [0.1, 0.15) is 4.88 Å². The number of aromatic nitrogens is 1. The third-order valence-corrected chi connectivity index (χ3v) is 3.85. The summed E-state index contributed by atoms with van der Waals surface area (Å²) in [5.41, 5.74) is 2.85. The van der Waals surface area contributed by atoms with Crippen LogP contribution in [0.4, 0.5) is 5.69 Å². The van der Waals surface area contributed by atoms with Crippen LogP contribution in [0.2, 0.25) is 0 Å². The van der Waals surface area contributed by atoms with Gasteiger partial charge in [0, 0.05) is 38.7 Å². The first kappa shape index (κ1) is 11.3. The smallest absolute Gasteiger partial charge is 0.0794 e. The van der Waals surface area contributed by atoms with Crippen LogP contribution in [-0.4, -0.2) is 15.4 Å². The SMILES string of the molecule is CS(=O)c1ccc(NCc2cncs2)cc1. The average molecular weight is 252 g/mol. The maximum atomic E-state index is 11.2. The number of nitrogens with zero attached hydrogens (tertiary/aromatic N) is 1. The van der Waals surface area contributed by atoms with E-state index in [2.05, 4.69) is 10.3 Å². The molecule has 1 unspecified atom stereocenters. The average Bonchev–Trinajstić information content (AvgIpc) is 2.80. The van der Waals surface area contributed by atoms with Gasteiger partial charge in [-0.2, -0.15) is 0 Å². The number of nitrogens with one attached hydrogen (secondary N) is 1. The minimum absolute atomic E-state index is 0.777. The molecular weight excluding hydrogens is 240 g/mol. The fourth-order valence-electron chi connectivity index (χ4n) is 1.28. The van der Waals surface area contributed by atoms with E-state index in [0.717, 1.165) is 17.1 Å². The van der Waals surface area contributed by atoms with Gasteiger partial charge in [0.1, 0.15) is 0 Å². The molecule has 0 amide bonds. The van der Waals surface area contributed by atoms with E-state index >= 15 is 0 Å². The van der Waals surface area contributed by atoms with Gasteiger partial charge in [-0.3, -0.25) is 9.19 Å². The van der Waals surface area contributed by atoms with Crippen molar-refractivity contribution in [3.05, 3.63) is 40.8 Å². The highest BCUT2D eigenvalue weighted by atomic mass is 32.2. The standard InChI is InChI=1S/C11H12N2OS2/c1-16(14)11-4-2-9(3-5-11)13-7-10-6-12-8-15-10/h2-6,8,13H,7H2,1H3. The third kappa shape index (κ3) is 2.90. The zero-order valence-corrected chi connectivity index (χ0v) is 10.5. The molecule has 2 aromatic rings. The molecule has 16 heavy (non-hydrogen) atoms. The lowest BCUT2D eigenvalue weighted by Gasteiger charge is -2.04.